The smallest absolute Gasteiger partial charge is 0.322 e. The largest absolute Gasteiger partial charge is 0.480 e. The number of hydrogen-bond donors (Lipinski definition) is 2. The molecule has 0 saturated carbocycles. The fourth-order valence-corrected chi connectivity index (χ4v) is 5.48. The molecule has 0 bridgehead atoms. The number of carbonyl (C=O) groups excluding carboxylic acids is 2. The summed E-state index contributed by atoms with van der Waals surface area (Å²) in [4.78, 5) is 34.9. The molecule has 0 aliphatic rings. The van der Waals surface area contributed by atoms with E-state index in [-0.39, 0.29) is 24.5 Å². The molecular weight excluding hydrogens is 622 g/mol. The number of allylic oxidation sites excluding steroid dienone is 12. The van der Waals surface area contributed by atoms with Gasteiger partial charge in [0.15, 0.2) is 0 Å². The summed E-state index contributed by atoms with van der Waals surface area (Å²) in [6.07, 6.45) is 51.7. The molecule has 0 aromatic heterocycles. The molecule has 2 N–H and O–H groups in total. The molecular formula is C44H73NO5. The van der Waals surface area contributed by atoms with Gasteiger partial charge in [0.1, 0.15) is 12.6 Å². The van der Waals surface area contributed by atoms with Crippen molar-refractivity contribution in [3.63, 3.8) is 0 Å². The first kappa shape index (κ1) is 46.9. The minimum atomic E-state index is -1.02. The van der Waals surface area contributed by atoms with Gasteiger partial charge in [0.05, 0.1) is 0 Å². The molecule has 0 aromatic carbocycles. The lowest BCUT2D eigenvalue weighted by Gasteiger charge is -2.18. The first-order valence-corrected chi connectivity index (χ1v) is 20.1. The predicted octanol–water partition coefficient (Wildman–Crippen LogP) is 12.2. The van der Waals surface area contributed by atoms with Gasteiger partial charge in [-0.3, -0.25) is 14.4 Å². The SMILES string of the molecule is CC/C=C\C/C=C\C/C=C\C/C=C\C/C=C\C/C=C\CCC(=O)OC(CCCCCCCCCCC)CCCCCCCC(=O)NCC(=O)O. The van der Waals surface area contributed by atoms with Crippen molar-refractivity contribution in [1.82, 2.24) is 5.32 Å². The van der Waals surface area contributed by atoms with Crippen LogP contribution >= 0.6 is 0 Å². The van der Waals surface area contributed by atoms with Crippen molar-refractivity contribution in [3.05, 3.63) is 72.9 Å². The van der Waals surface area contributed by atoms with Crippen LogP contribution in [0.4, 0.5) is 0 Å². The number of carbonyl (C=O) groups is 3. The van der Waals surface area contributed by atoms with Gasteiger partial charge >= 0.3 is 11.9 Å². The average Bonchev–Trinajstić information content (AvgIpc) is 3.10. The molecule has 6 nitrogen and oxygen atoms in total. The molecule has 1 amide bonds. The van der Waals surface area contributed by atoms with Crippen LogP contribution in [0.3, 0.4) is 0 Å². The van der Waals surface area contributed by atoms with Gasteiger partial charge in [-0.15, -0.1) is 0 Å². The van der Waals surface area contributed by atoms with Crippen molar-refractivity contribution in [3.8, 4) is 0 Å². The molecule has 0 spiro atoms. The lowest BCUT2D eigenvalue weighted by molar-refractivity contribution is -0.149. The van der Waals surface area contributed by atoms with Crippen LogP contribution in [0.5, 0.6) is 0 Å². The third-order valence-corrected chi connectivity index (χ3v) is 8.41. The van der Waals surface area contributed by atoms with E-state index in [0.29, 0.717) is 19.3 Å². The molecule has 0 aliphatic heterocycles. The molecule has 0 radical (unpaired) electrons. The number of unbranched alkanes of at least 4 members (excludes halogenated alkanes) is 12. The minimum Gasteiger partial charge on any atom is -0.480 e. The average molecular weight is 696 g/mol. The van der Waals surface area contributed by atoms with Crippen LogP contribution in [0.25, 0.3) is 0 Å². The third-order valence-electron chi connectivity index (χ3n) is 8.41. The Kier molecular flexibility index (Phi) is 36.2. The number of esters is 1. The minimum absolute atomic E-state index is 0.0147. The third kappa shape index (κ3) is 37.7. The molecule has 0 fully saturated rings. The summed E-state index contributed by atoms with van der Waals surface area (Å²) in [6.45, 7) is 4.08. The van der Waals surface area contributed by atoms with Crippen LogP contribution in [-0.2, 0) is 19.1 Å². The first-order chi connectivity index (χ1) is 24.5. The van der Waals surface area contributed by atoms with E-state index in [1.165, 1.54) is 51.4 Å². The van der Waals surface area contributed by atoms with Crippen LogP contribution in [0.1, 0.15) is 174 Å². The van der Waals surface area contributed by atoms with Gasteiger partial charge in [-0.25, -0.2) is 0 Å². The molecule has 284 valence electrons. The Morgan fingerprint density at radius 3 is 1.42 bits per heavy atom. The van der Waals surface area contributed by atoms with Crippen molar-refractivity contribution in [2.75, 3.05) is 6.54 Å². The van der Waals surface area contributed by atoms with Gasteiger partial charge in [-0.1, -0.05) is 157 Å². The highest BCUT2D eigenvalue weighted by molar-refractivity contribution is 5.80. The highest BCUT2D eigenvalue weighted by atomic mass is 16.5. The molecule has 1 atom stereocenters. The van der Waals surface area contributed by atoms with Gasteiger partial charge in [-0.05, 0) is 77.0 Å². The van der Waals surface area contributed by atoms with Gasteiger partial charge in [-0.2, -0.15) is 0 Å². The second-order valence-corrected chi connectivity index (χ2v) is 13.2. The summed E-state index contributed by atoms with van der Waals surface area (Å²) in [5, 5.41) is 11.1. The van der Waals surface area contributed by atoms with E-state index in [9.17, 15) is 14.4 Å². The Morgan fingerprint density at radius 1 is 0.540 bits per heavy atom. The summed E-state index contributed by atoms with van der Waals surface area (Å²) in [5.74, 6) is -1.33. The van der Waals surface area contributed by atoms with Crippen LogP contribution < -0.4 is 5.32 Å². The number of hydrogen-bond acceptors (Lipinski definition) is 4. The van der Waals surface area contributed by atoms with Gasteiger partial charge in [0.2, 0.25) is 5.91 Å². The summed E-state index contributed by atoms with van der Waals surface area (Å²) >= 11 is 0. The Labute approximate surface area is 306 Å². The predicted molar refractivity (Wildman–Crippen MR) is 212 cm³/mol. The lowest BCUT2D eigenvalue weighted by Crippen LogP contribution is -2.28. The van der Waals surface area contributed by atoms with E-state index in [2.05, 4.69) is 92.1 Å². The molecule has 0 aromatic rings. The zero-order chi connectivity index (χ0) is 36.6. The summed E-state index contributed by atoms with van der Waals surface area (Å²) in [7, 11) is 0. The van der Waals surface area contributed by atoms with Crippen LogP contribution in [0, 0.1) is 0 Å². The van der Waals surface area contributed by atoms with E-state index < -0.39 is 5.97 Å². The van der Waals surface area contributed by atoms with Crippen molar-refractivity contribution in [1.29, 1.82) is 0 Å². The van der Waals surface area contributed by atoms with Crippen LogP contribution in [0.15, 0.2) is 72.9 Å². The second-order valence-electron chi connectivity index (χ2n) is 13.2. The Balaban J connectivity index is 4.27. The number of nitrogens with one attached hydrogen (secondary N) is 1. The molecule has 6 heteroatoms. The monoisotopic (exact) mass is 696 g/mol. The van der Waals surface area contributed by atoms with Crippen LogP contribution in [-0.4, -0.2) is 35.6 Å². The van der Waals surface area contributed by atoms with Crippen molar-refractivity contribution in [2.24, 2.45) is 0 Å². The van der Waals surface area contributed by atoms with Gasteiger partial charge < -0.3 is 15.2 Å². The normalized spacial score (nSPS) is 12.8. The molecule has 0 heterocycles. The number of amides is 1. The van der Waals surface area contributed by atoms with Crippen molar-refractivity contribution >= 4 is 17.8 Å². The van der Waals surface area contributed by atoms with Crippen molar-refractivity contribution in [2.45, 2.75) is 180 Å². The van der Waals surface area contributed by atoms with E-state index >= 15 is 0 Å². The van der Waals surface area contributed by atoms with Crippen molar-refractivity contribution < 1.29 is 24.2 Å². The molecule has 50 heavy (non-hydrogen) atoms. The fourth-order valence-electron chi connectivity index (χ4n) is 5.48. The second kappa shape index (κ2) is 38.6. The summed E-state index contributed by atoms with van der Waals surface area (Å²) in [6, 6.07) is 0. The number of aliphatic carboxylic acids is 1. The maximum atomic E-state index is 12.7. The quantitative estimate of drug-likeness (QED) is 0.0391. The molecule has 0 saturated heterocycles. The van der Waals surface area contributed by atoms with Gasteiger partial charge in [0.25, 0.3) is 0 Å². The molecule has 1 unspecified atom stereocenters. The maximum absolute atomic E-state index is 12.7. The maximum Gasteiger partial charge on any atom is 0.322 e. The first-order valence-electron chi connectivity index (χ1n) is 20.1. The summed E-state index contributed by atoms with van der Waals surface area (Å²) < 4.78 is 5.96. The number of carboxylic acid groups (broad SMARTS) is 1. The summed E-state index contributed by atoms with van der Waals surface area (Å²) in [5.41, 5.74) is 0. The fraction of sp³-hybridized carbons (Fsp3) is 0.659. The number of ether oxygens (including phenoxy) is 1. The van der Waals surface area contributed by atoms with E-state index in [4.69, 9.17) is 9.84 Å². The van der Waals surface area contributed by atoms with Crippen LogP contribution in [0.2, 0.25) is 0 Å². The molecule has 0 aliphatic carbocycles. The van der Waals surface area contributed by atoms with Gasteiger partial charge in [0, 0.05) is 12.8 Å². The Bertz CT molecular complexity index is 990. The highest BCUT2D eigenvalue weighted by Crippen LogP contribution is 2.18. The van der Waals surface area contributed by atoms with E-state index in [1.54, 1.807) is 0 Å². The topological polar surface area (TPSA) is 92.7 Å². The number of rotatable bonds is 35. The number of carboxylic acids is 1. The zero-order valence-corrected chi connectivity index (χ0v) is 32.0. The highest BCUT2D eigenvalue weighted by Gasteiger charge is 2.14. The zero-order valence-electron chi connectivity index (χ0n) is 32.0. The van der Waals surface area contributed by atoms with E-state index in [1.807, 2.05) is 0 Å². The molecule has 0 rings (SSSR count). The standard InChI is InChI=1S/C44H73NO5/c1-3-5-7-9-11-13-14-15-16-17-18-19-20-21-22-24-26-31-35-39-44(49)50-41(36-32-28-25-23-12-10-8-6-4-2)37-33-29-27-30-34-38-42(46)45-40-43(47)48/h5,7,11,13,15-16,18-19,21-22,26,31,41H,3-4,6,8-10,12,14,17,20,23-25,27-30,32-40H2,1-2H3,(H,45,46)(H,47,48)/b7-5-,13-11-,16-15-,19-18-,22-21-,31-26-. The van der Waals surface area contributed by atoms with E-state index in [0.717, 1.165) is 89.9 Å². The lowest BCUT2D eigenvalue weighted by atomic mass is 10.0. The Hall–Kier alpha value is -3.15. The Morgan fingerprint density at radius 2 is 0.960 bits per heavy atom.